The fraction of sp³-hybridized carbons (Fsp3) is 0.235. The number of nitrogens with one attached hydrogen (secondary N) is 1. The summed E-state index contributed by atoms with van der Waals surface area (Å²) in [5.41, 5.74) is 2.22. The van der Waals surface area contributed by atoms with Gasteiger partial charge in [0.25, 0.3) is 5.91 Å². The van der Waals surface area contributed by atoms with Crippen molar-refractivity contribution in [2.24, 2.45) is 7.05 Å². The van der Waals surface area contributed by atoms with Crippen molar-refractivity contribution in [2.75, 3.05) is 11.9 Å². The van der Waals surface area contributed by atoms with Crippen molar-refractivity contribution in [1.29, 1.82) is 0 Å². The first kappa shape index (κ1) is 16.2. The minimum absolute atomic E-state index is 0.261. The van der Waals surface area contributed by atoms with E-state index in [2.05, 4.69) is 15.4 Å². The van der Waals surface area contributed by atoms with Crippen molar-refractivity contribution in [3.63, 3.8) is 0 Å². The summed E-state index contributed by atoms with van der Waals surface area (Å²) >= 11 is 1.44. The van der Waals surface area contributed by atoms with Gasteiger partial charge in [-0.25, -0.2) is 4.98 Å². The molecule has 0 unspecified atom stereocenters. The Morgan fingerprint density at radius 3 is 2.67 bits per heavy atom. The number of aromatic nitrogens is 3. The first-order valence-corrected chi connectivity index (χ1v) is 8.40. The number of rotatable bonds is 5. The van der Waals surface area contributed by atoms with Gasteiger partial charge in [0.05, 0.1) is 12.3 Å². The molecular formula is C17H18N4O2S. The predicted octanol–water partition coefficient (Wildman–Crippen LogP) is 3.50. The molecule has 0 aliphatic heterocycles. The Hall–Kier alpha value is -2.67. The smallest absolute Gasteiger partial charge is 0.277 e. The van der Waals surface area contributed by atoms with E-state index in [1.807, 2.05) is 38.1 Å². The molecule has 2 heterocycles. The zero-order chi connectivity index (χ0) is 17.1. The summed E-state index contributed by atoms with van der Waals surface area (Å²) in [4.78, 5) is 17.7. The molecule has 0 spiro atoms. The molecule has 24 heavy (non-hydrogen) atoms. The highest BCUT2D eigenvalue weighted by atomic mass is 32.1. The lowest BCUT2D eigenvalue weighted by atomic mass is 10.1. The molecule has 0 radical (unpaired) electrons. The van der Waals surface area contributed by atoms with Gasteiger partial charge >= 0.3 is 0 Å². The summed E-state index contributed by atoms with van der Waals surface area (Å²) in [6, 6.07) is 9.45. The zero-order valence-electron chi connectivity index (χ0n) is 13.7. The minimum Gasteiger partial charge on any atom is -0.494 e. The molecular weight excluding hydrogens is 324 g/mol. The number of benzene rings is 1. The van der Waals surface area contributed by atoms with Crippen LogP contribution >= 0.6 is 11.3 Å². The third-order valence-corrected chi connectivity index (χ3v) is 4.29. The van der Waals surface area contributed by atoms with Crippen LogP contribution in [0.4, 0.5) is 5.13 Å². The van der Waals surface area contributed by atoms with Crippen LogP contribution in [0.2, 0.25) is 0 Å². The number of nitrogens with zero attached hydrogens (tertiary/aromatic N) is 3. The molecule has 0 saturated heterocycles. The number of hydrogen-bond acceptors (Lipinski definition) is 5. The summed E-state index contributed by atoms with van der Waals surface area (Å²) in [7, 11) is 1.77. The van der Waals surface area contributed by atoms with Crippen LogP contribution in [0.25, 0.3) is 11.3 Å². The summed E-state index contributed by atoms with van der Waals surface area (Å²) in [5.74, 6) is 0.570. The molecule has 0 saturated carbocycles. The average Bonchev–Trinajstić information content (AvgIpc) is 3.14. The molecule has 0 atom stereocenters. The van der Waals surface area contributed by atoms with Gasteiger partial charge in [0, 0.05) is 23.7 Å². The first-order chi connectivity index (χ1) is 11.6. The lowest BCUT2D eigenvalue weighted by molar-refractivity contribution is 0.102. The second-order valence-corrected chi connectivity index (χ2v) is 6.41. The van der Waals surface area contributed by atoms with Gasteiger partial charge < -0.3 is 4.74 Å². The van der Waals surface area contributed by atoms with E-state index in [0.29, 0.717) is 17.4 Å². The molecule has 124 valence electrons. The Balaban J connectivity index is 1.78. The minimum atomic E-state index is -0.261. The van der Waals surface area contributed by atoms with Crippen molar-refractivity contribution in [1.82, 2.24) is 14.8 Å². The number of aryl methyl sites for hydroxylation is 2. The largest absolute Gasteiger partial charge is 0.494 e. The van der Waals surface area contributed by atoms with Crippen molar-refractivity contribution in [3.05, 3.63) is 47.1 Å². The van der Waals surface area contributed by atoms with Crippen LogP contribution in [0.5, 0.6) is 5.75 Å². The molecule has 3 aromatic rings. The van der Waals surface area contributed by atoms with Gasteiger partial charge in [0.2, 0.25) is 0 Å². The molecule has 0 bridgehead atoms. The van der Waals surface area contributed by atoms with Crippen molar-refractivity contribution in [2.45, 2.75) is 13.8 Å². The molecule has 0 aliphatic rings. The maximum absolute atomic E-state index is 12.2. The fourth-order valence-electron chi connectivity index (χ4n) is 2.29. The van der Waals surface area contributed by atoms with Gasteiger partial charge in [0.1, 0.15) is 5.75 Å². The third-order valence-electron chi connectivity index (χ3n) is 3.40. The molecule has 2 aromatic heterocycles. The summed E-state index contributed by atoms with van der Waals surface area (Å²) in [5, 5.41) is 7.45. The number of carbonyl (C=O) groups excluding carboxylic acids is 1. The summed E-state index contributed by atoms with van der Waals surface area (Å²) in [6.45, 7) is 4.58. The number of amides is 1. The maximum atomic E-state index is 12.2. The van der Waals surface area contributed by atoms with E-state index in [9.17, 15) is 4.79 Å². The highest BCUT2D eigenvalue weighted by molar-refractivity contribution is 7.16. The number of carbonyl (C=O) groups is 1. The van der Waals surface area contributed by atoms with Crippen molar-refractivity contribution in [3.8, 4) is 17.0 Å². The molecule has 0 fully saturated rings. The van der Waals surface area contributed by atoms with Crippen LogP contribution in [0.15, 0.2) is 36.5 Å². The Labute approximate surface area is 144 Å². The van der Waals surface area contributed by atoms with E-state index < -0.39 is 0 Å². The van der Waals surface area contributed by atoms with Gasteiger partial charge in [-0.3, -0.25) is 14.8 Å². The SMILES string of the molecule is CCOc1ccc(-c2nc(NC(=O)c3ccn(C)n3)sc2C)cc1. The molecule has 6 nitrogen and oxygen atoms in total. The number of hydrogen-bond donors (Lipinski definition) is 1. The van der Waals surface area contributed by atoms with E-state index in [1.165, 1.54) is 11.3 Å². The van der Waals surface area contributed by atoms with Crippen LogP contribution in [0, 0.1) is 6.92 Å². The van der Waals surface area contributed by atoms with Crippen molar-refractivity contribution >= 4 is 22.4 Å². The Morgan fingerprint density at radius 1 is 1.29 bits per heavy atom. The topological polar surface area (TPSA) is 69.0 Å². The Kier molecular flexibility index (Phi) is 4.61. The van der Waals surface area contributed by atoms with Crippen LogP contribution in [0.1, 0.15) is 22.3 Å². The quantitative estimate of drug-likeness (QED) is 0.770. The third kappa shape index (κ3) is 3.46. The van der Waals surface area contributed by atoms with E-state index in [1.54, 1.807) is 24.0 Å². The van der Waals surface area contributed by atoms with Crippen LogP contribution < -0.4 is 10.1 Å². The number of anilines is 1. The monoisotopic (exact) mass is 342 g/mol. The molecule has 1 N–H and O–H groups in total. The second-order valence-electron chi connectivity index (χ2n) is 5.21. The average molecular weight is 342 g/mol. The van der Waals surface area contributed by atoms with E-state index in [4.69, 9.17) is 4.74 Å². The Bertz CT molecular complexity index is 852. The van der Waals surface area contributed by atoms with Crippen LogP contribution in [-0.2, 0) is 7.05 Å². The summed E-state index contributed by atoms with van der Waals surface area (Å²) < 4.78 is 7.04. The lowest BCUT2D eigenvalue weighted by Gasteiger charge is -2.04. The van der Waals surface area contributed by atoms with E-state index >= 15 is 0 Å². The Morgan fingerprint density at radius 2 is 2.04 bits per heavy atom. The maximum Gasteiger partial charge on any atom is 0.277 e. The van der Waals surface area contributed by atoms with Gasteiger partial charge in [-0.15, -0.1) is 11.3 Å². The van der Waals surface area contributed by atoms with Gasteiger partial charge in [-0.2, -0.15) is 5.10 Å². The second kappa shape index (κ2) is 6.84. The summed E-state index contributed by atoms with van der Waals surface area (Å²) in [6.07, 6.45) is 1.73. The number of thiazole rings is 1. The lowest BCUT2D eigenvalue weighted by Crippen LogP contribution is -2.12. The van der Waals surface area contributed by atoms with Gasteiger partial charge in [0.15, 0.2) is 10.8 Å². The first-order valence-electron chi connectivity index (χ1n) is 7.58. The van der Waals surface area contributed by atoms with Gasteiger partial charge in [-0.05, 0) is 44.2 Å². The highest BCUT2D eigenvalue weighted by Crippen LogP contribution is 2.31. The fourth-order valence-corrected chi connectivity index (χ4v) is 3.12. The molecule has 7 heteroatoms. The molecule has 0 aliphatic carbocycles. The number of ether oxygens (including phenoxy) is 1. The van der Waals surface area contributed by atoms with E-state index in [-0.39, 0.29) is 5.91 Å². The zero-order valence-corrected chi connectivity index (χ0v) is 14.6. The standard InChI is InChI=1S/C17H18N4O2S/c1-4-23-13-7-5-12(6-8-13)15-11(2)24-17(18-15)19-16(22)14-9-10-21(3)20-14/h5-10H,4H2,1-3H3,(H,18,19,22). The highest BCUT2D eigenvalue weighted by Gasteiger charge is 2.14. The predicted molar refractivity (Wildman–Crippen MR) is 94.6 cm³/mol. The molecule has 1 aromatic carbocycles. The normalized spacial score (nSPS) is 10.6. The van der Waals surface area contributed by atoms with Crippen LogP contribution in [0.3, 0.4) is 0 Å². The van der Waals surface area contributed by atoms with Crippen LogP contribution in [-0.4, -0.2) is 27.3 Å². The molecule has 3 rings (SSSR count). The van der Waals surface area contributed by atoms with Crippen molar-refractivity contribution < 1.29 is 9.53 Å². The molecule has 1 amide bonds. The van der Waals surface area contributed by atoms with Gasteiger partial charge in [-0.1, -0.05) is 0 Å². The van der Waals surface area contributed by atoms with E-state index in [0.717, 1.165) is 21.9 Å².